The molecule has 5 heterocycles. The Morgan fingerprint density at radius 2 is 1.72 bits per heavy atom. The average molecular weight is 882 g/mol. The molecule has 320 valence electrons. The summed E-state index contributed by atoms with van der Waals surface area (Å²) in [4.78, 5) is 25.4. The van der Waals surface area contributed by atoms with Crippen molar-refractivity contribution in [1.29, 1.82) is 0 Å². The number of para-hydroxylation sites is 1. The molecule has 0 bridgehead atoms. The standard InChI is InChI=1S/C38H38F7N9O4S2/c1-19(2)37(41,42)29-16-28(38(43,44)45)49-54(29)17-30(55)46-26(13-20-11-21(39)14-22(40)12-20)31-25(15-27-34(47-31)48-35(59-27)53-10-9-36(3,56)18-53)23-7-6-8-24-32(23)52(4)50-33(24)51-60(5,57)58/h6-8,11-12,14-16,19,26,56H,9-10,13,17-18H2,1-5H3,(H,46,55)(H,50,51). The maximum Gasteiger partial charge on any atom is 0.435 e. The minimum absolute atomic E-state index is 0.000130. The van der Waals surface area contributed by atoms with Crippen molar-refractivity contribution in [2.45, 2.75) is 63.9 Å². The molecule has 3 N–H and O–H groups in total. The quantitative estimate of drug-likeness (QED) is 0.111. The van der Waals surface area contributed by atoms with E-state index in [4.69, 9.17) is 9.97 Å². The Kier molecular flexibility index (Phi) is 10.9. The van der Waals surface area contributed by atoms with Gasteiger partial charge >= 0.3 is 6.18 Å². The summed E-state index contributed by atoms with van der Waals surface area (Å²) in [5, 5.41) is 21.9. The first kappa shape index (κ1) is 42.8. The van der Waals surface area contributed by atoms with Crippen LogP contribution in [-0.2, 0) is 46.9 Å². The minimum atomic E-state index is -5.12. The van der Waals surface area contributed by atoms with Crippen LogP contribution in [0.1, 0.15) is 55.9 Å². The fourth-order valence-electron chi connectivity index (χ4n) is 7.19. The van der Waals surface area contributed by atoms with E-state index in [1.54, 1.807) is 38.2 Å². The predicted molar refractivity (Wildman–Crippen MR) is 210 cm³/mol. The molecule has 0 radical (unpaired) electrons. The molecular weight excluding hydrogens is 844 g/mol. The molecule has 60 heavy (non-hydrogen) atoms. The van der Waals surface area contributed by atoms with Gasteiger partial charge in [-0.05, 0) is 55.7 Å². The molecule has 7 rings (SSSR count). The molecule has 1 amide bonds. The van der Waals surface area contributed by atoms with Crippen LogP contribution in [0.5, 0.6) is 0 Å². The predicted octanol–water partition coefficient (Wildman–Crippen LogP) is 6.92. The van der Waals surface area contributed by atoms with Crippen LogP contribution >= 0.6 is 11.3 Å². The van der Waals surface area contributed by atoms with Crippen LogP contribution in [0.25, 0.3) is 32.4 Å². The van der Waals surface area contributed by atoms with E-state index in [1.807, 2.05) is 4.90 Å². The maximum atomic E-state index is 15.4. The number of pyridine rings is 1. The van der Waals surface area contributed by atoms with Gasteiger partial charge in [-0.15, -0.1) is 0 Å². The molecule has 0 aliphatic carbocycles. The SMILES string of the molecule is CC(C)C(F)(F)c1cc(C(F)(F)F)nn1CC(=O)NC(Cc1cc(F)cc(F)c1)c1nc2nc(N3CCC(C)(O)C3)sc2cc1-c1cccc2c(NS(C)(=O)=O)nn(C)c12. The lowest BCUT2D eigenvalue weighted by molar-refractivity contribution is -0.141. The van der Waals surface area contributed by atoms with Gasteiger partial charge in [-0.1, -0.05) is 37.3 Å². The lowest BCUT2D eigenvalue weighted by Gasteiger charge is -2.24. The number of rotatable bonds is 12. The molecule has 1 aliphatic rings. The molecule has 4 aromatic heterocycles. The van der Waals surface area contributed by atoms with Crippen molar-refractivity contribution in [3.8, 4) is 11.1 Å². The Morgan fingerprint density at radius 3 is 2.33 bits per heavy atom. The fraction of sp³-hybridized carbons (Fsp3) is 0.395. The number of carbonyl (C=O) groups excluding carboxylic acids is 1. The van der Waals surface area contributed by atoms with Crippen LogP contribution in [0, 0.1) is 17.6 Å². The second-order valence-electron chi connectivity index (χ2n) is 15.4. The summed E-state index contributed by atoms with van der Waals surface area (Å²) >= 11 is 1.25. The number of aliphatic hydroxyl groups is 1. The van der Waals surface area contributed by atoms with E-state index in [-0.39, 0.29) is 46.4 Å². The summed E-state index contributed by atoms with van der Waals surface area (Å²) < 4.78 is 131. The first-order chi connectivity index (χ1) is 27.9. The molecule has 2 atom stereocenters. The molecule has 6 aromatic rings. The third-order valence-electron chi connectivity index (χ3n) is 10.0. The van der Waals surface area contributed by atoms with E-state index >= 15 is 8.78 Å². The van der Waals surface area contributed by atoms with Crippen molar-refractivity contribution in [2.75, 3.05) is 29.0 Å². The van der Waals surface area contributed by atoms with E-state index in [2.05, 4.69) is 20.2 Å². The van der Waals surface area contributed by atoms with Crippen molar-refractivity contribution in [2.24, 2.45) is 13.0 Å². The Hall–Kier alpha value is -5.35. The number of nitrogens with one attached hydrogen (secondary N) is 2. The number of aromatic nitrogens is 6. The summed E-state index contributed by atoms with van der Waals surface area (Å²) in [7, 11) is -2.23. The number of halogens is 7. The molecule has 2 unspecified atom stereocenters. The number of sulfonamides is 1. The molecule has 1 saturated heterocycles. The van der Waals surface area contributed by atoms with Gasteiger partial charge < -0.3 is 15.3 Å². The third kappa shape index (κ3) is 8.76. The van der Waals surface area contributed by atoms with Gasteiger partial charge in [-0.3, -0.25) is 18.9 Å². The molecular formula is C38H38F7N9O4S2. The van der Waals surface area contributed by atoms with Crippen molar-refractivity contribution in [1.82, 2.24) is 34.8 Å². The zero-order chi connectivity index (χ0) is 43.7. The van der Waals surface area contributed by atoms with Crippen LogP contribution in [0.15, 0.2) is 48.5 Å². The van der Waals surface area contributed by atoms with Gasteiger partial charge in [0.15, 0.2) is 22.3 Å². The molecule has 0 saturated carbocycles. The number of nitrogens with zero attached hydrogens (tertiary/aromatic N) is 7. The highest BCUT2D eigenvalue weighted by Crippen LogP contribution is 2.42. The molecule has 0 spiro atoms. The first-order valence-corrected chi connectivity index (χ1v) is 21.1. The number of anilines is 2. The Labute approximate surface area is 342 Å². The normalized spacial score (nSPS) is 17.0. The van der Waals surface area contributed by atoms with Crippen molar-refractivity contribution in [3.05, 3.63) is 82.8 Å². The van der Waals surface area contributed by atoms with Gasteiger partial charge in [0.25, 0.3) is 5.92 Å². The van der Waals surface area contributed by atoms with Crippen LogP contribution in [0.4, 0.5) is 41.7 Å². The number of alkyl halides is 5. The van der Waals surface area contributed by atoms with Crippen molar-refractivity contribution < 1.29 is 49.1 Å². The maximum absolute atomic E-state index is 15.4. The van der Waals surface area contributed by atoms with E-state index in [9.17, 15) is 40.3 Å². The Morgan fingerprint density at radius 1 is 1.02 bits per heavy atom. The summed E-state index contributed by atoms with van der Waals surface area (Å²) in [6, 6.07) is 8.09. The molecule has 1 fully saturated rings. The second-order valence-corrected chi connectivity index (χ2v) is 18.2. The highest BCUT2D eigenvalue weighted by Gasteiger charge is 2.44. The Balaban J connectivity index is 1.41. The van der Waals surface area contributed by atoms with Gasteiger partial charge in [0.05, 0.1) is 33.8 Å². The fourth-order valence-corrected chi connectivity index (χ4v) is 8.67. The number of thiazole rings is 1. The second kappa shape index (κ2) is 15.3. The van der Waals surface area contributed by atoms with E-state index < -0.39 is 75.2 Å². The summed E-state index contributed by atoms with van der Waals surface area (Å²) in [6.45, 7) is 3.51. The smallest absolute Gasteiger partial charge is 0.388 e. The van der Waals surface area contributed by atoms with Gasteiger partial charge in [0.2, 0.25) is 15.9 Å². The lowest BCUT2D eigenvalue weighted by atomic mass is 9.94. The molecule has 2 aromatic carbocycles. The number of amides is 1. The molecule has 13 nitrogen and oxygen atoms in total. The summed E-state index contributed by atoms with van der Waals surface area (Å²) in [5.41, 5.74) is -2.45. The first-order valence-electron chi connectivity index (χ1n) is 18.4. The number of fused-ring (bicyclic) bond motifs is 2. The minimum Gasteiger partial charge on any atom is -0.388 e. The topological polar surface area (TPSA) is 160 Å². The van der Waals surface area contributed by atoms with Gasteiger partial charge in [0.1, 0.15) is 23.9 Å². The highest BCUT2D eigenvalue weighted by atomic mass is 32.2. The number of aryl methyl sites for hydroxylation is 1. The van der Waals surface area contributed by atoms with Crippen LogP contribution in [0.2, 0.25) is 0 Å². The largest absolute Gasteiger partial charge is 0.435 e. The van der Waals surface area contributed by atoms with Crippen molar-refractivity contribution >= 4 is 59.5 Å². The lowest BCUT2D eigenvalue weighted by Crippen LogP contribution is -2.35. The molecule has 22 heteroatoms. The number of β-amino-alcohol motifs (C(OH)–C–C–N with tert-alkyl or cyclic N) is 1. The highest BCUT2D eigenvalue weighted by molar-refractivity contribution is 7.92. The summed E-state index contributed by atoms with van der Waals surface area (Å²) in [5.74, 6) is -8.33. The third-order valence-corrected chi connectivity index (χ3v) is 11.6. The Bertz CT molecular complexity index is 2730. The number of hydrogen-bond acceptors (Lipinski definition) is 10. The van der Waals surface area contributed by atoms with Crippen LogP contribution < -0.4 is 14.9 Å². The van der Waals surface area contributed by atoms with Gasteiger partial charge in [0, 0.05) is 48.6 Å². The number of hydrogen-bond donors (Lipinski definition) is 3. The molecule has 1 aliphatic heterocycles. The average Bonchev–Trinajstić information content (AvgIpc) is 3.90. The number of carbonyl (C=O) groups is 1. The number of benzene rings is 2. The van der Waals surface area contributed by atoms with E-state index in [0.29, 0.717) is 50.9 Å². The van der Waals surface area contributed by atoms with Gasteiger partial charge in [-0.2, -0.15) is 37.1 Å². The van der Waals surface area contributed by atoms with Crippen LogP contribution in [0.3, 0.4) is 0 Å². The zero-order valence-corrected chi connectivity index (χ0v) is 34.2. The van der Waals surface area contributed by atoms with Crippen molar-refractivity contribution in [3.63, 3.8) is 0 Å². The summed E-state index contributed by atoms with van der Waals surface area (Å²) in [6.07, 6.45) is -4.08. The van der Waals surface area contributed by atoms with E-state index in [1.165, 1.54) is 16.0 Å². The van der Waals surface area contributed by atoms with E-state index in [0.717, 1.165) is 32.2 Å². The monoisotopic (exact) mass is 881 g/mol. The van der Waals surface area contributed by atoms with Gasteiger partial charge in [-0.25, -0.2) is 22.2 Å². The zero-order valence-electron chi connectivity index (χ0n) is 32.6. The van der Waals surface area contributed by atoms with Crippen LogP contribution in [-0.4, -0.2) is 73.9 Å².